The van der Waals surface area contributed by atoms with Crippen LogP contribution in [0.2, 0.25) is 0 Å². The third-order valence-electron chi connectivity index (χ3n) is 4.46. The van der Waals surface area contributed by atoms with Crippen molar-refractivity contribution in [1.29, 1.82) is 0 Å². The number of nitrogens with zero attached hydrogens (tertiary/aromatic N) is 1. The molecule has 1 aliphatic rings. The highest BCUT2D eigenvalue weighted by molar-refractivity contribution is 5.73. The lowest BCUT2D eigenvalue weighted by Gasteiger charge is -2.17. The summed E-state index contributed by atoms with van der Waals surface area (Å²) in [7, 11) is 0. The molecular formula is C18H29N3O2. The second kappa shape index (κ2) is 8.89. The molecule has 23 heavy (non-hydrogen) atoms. The number of hydrogen-bond acceptors (Lipinski definition) is 3. The van der Waals surface area contributed by atoms with E-state index in [2.05, 4.69) is 22.5 Å². The molecule has 1 saturated heterocycles. The van der Waals surface area contributed by atoms with Gasteiger partial charge >= 0.3 is 6.03 Å². The summed E-state index contributed by atoms with van der Waals surface area (Å²) in [5.41, 5.74) is 1.89. The lowest BCUT2D eigenvalue weighted by atomic mass is 10.0. The van der Waals surface area contributed by atoms with Gasteiger partial charge in [-0.1, -0.05) is 31.2 Å². The fraction of sp³-hybridized carbons (Fsp3) is 0.611. The van der Waals surface area contributed by atoms with E-state index < -0.39 is 6.10 Å². The molecule has 128 valence electrons. The molecule has 3 N–H and O–H groups in total. The lowest BCUT2D eigenvalue weighted by molar-refractivity contribution is 0.172. The number of aliphatic hydroxyl groups is 1. The summed E-state index contributed by atoms with van der Waals surface area (Å²) in [6.07, 6.45) is 1.65. The Hall–Kier alpha value is -1.59. The van der Waals surface area contributed by atoms with Gasteiger partial charge in [0.25, 0.3) is 0 Å². The van der Waals surface area contributed by atoms with Gasteiger partial charge in [-0.15, -0.1) is 0 Å². The first-order valence-corrected chi connectivity index (χ1v) is 8.57. The number of urea groups is 1. The molecule has 2 atom stereocenters. The molecule has 5 heteroatoms. The maximum Gasteiger partial charge on any atom is 0.314 e. The molecule has 2 rings (SSSR count). The summed E-state index contributed by atoms with van der Waals surface area (Å²) in [5, 5.41) is 15.9. The quantitative estimate of drug-likeness (QED) is 0.721. The van der Waals surface area contributed by atoms with Crippen LogP contribution in [0.1, 0.15) is 37.0 Å². The van der Waals surface area contributed by atoms with Crippen molar-refractivity contribution in [3.05, 3.63) is 35.4 Å². The Balaban J connectivity index is 1.67. The molecule has 0 spiro atoms. The Kier molecular flexibility index (Phi) is 6.86. The highest BCUT2D eigenvalue weighted by Gasteiger charge is 2.22. The van der Waals surface area contributed by atoms with E-state index in [-0.39, 0.29) is 12.6 Å². The molecule has 5 nitrogen and oxygen atoms in total. The van der Waals surface area contributed by atoms with E-state index in [1.807, 2.05) is 31.2 Å². The summed E-state index contributed by atoms with van der Waals surface area (Å²) in [5.74, 6) is 0.536. The number of carbonyl (C=O) groups excluding carboxylic acids is 1. The molecule has 0 saturated carbocycles. The predicted molar refractivity (Wildman–Crippen MR) is 92.4 cm³/mol. The second-order valence-corrected chi connectivity index (χ2v) is 6.42. The van der Waals surface area contributed by atoms with E-state index >= 15 is 0 Å². The number of aliphatic hydroxyl groups excluding tert-OH is 1. The van der Waals surface area contributed by atoms with Crippen LogP contribution in [0, 0.1) is 12.8 Å². The lowest BCUT2D eigenvalue weighted by Crippen LogP contribution is -2.40. The predicted octanol–water partition coefficient (Wildman–Crippen LogP) is 2.06. The van der Waals surface area contributed by atoms with Crippen LogP contribution >= 0.6 is 0 Å². The number of aryl methyl sites for hydroxylation is 1. The fourth-order valence-electron chi connectivity index (χ4n) is 3.16. The van der Waals surface area contributed by atoms with Gasteiger partial charge in [0.2, 0.25) is 0 Å². The Morgan fingerprint density at radius 1 is 1.39 bits per heavy atom. The minimum Gasteiger partial charge on any atom is -0.387 e. The van der Waals surface area contributed by atoms with Crippen molar-refractivity contribution in [2.75, 3.05) is 32.7 Å². The van der Waals surface area contributed by atoms with Crippen LogP contribution in [0.5, 0.6) is 0 Å². The monoisotopic (exact) mass is 319 g/mol. The number of hydrogen-bond donors (Lipinski definition) is 3. The van der Waals surface area contributed by atoms with Crippen molar-refractivity contribution in [2.45, 2.75) is 32.8 Å². The average Bonchev–Trinajstić information content (AvgIpc) is 2.99. The minimum absolute atomic E-state index is 0.202. The Morgan fingerprint density at radius 2 is 2.17 bits per heavy atom. The van der Waals surface area contributed by atoms with Gasteiger partial charge in [-0.3, -0.25) is 0 Å². The largest absolute Gasteiger partial charge is 0.387 e. The van der Waals surface area contributed by atoms with Crippen LogP contribution in [0.25, 0.3) is 0 Å². The van der Waals surface area contributed by atoms with E-state index in [9.17, 15) is 9.90 Å². The highest BCUT2D eigenvalue weighted by atomic mass is 16.3. The number of benzene rings is 1. The first-order chi connectivity index (χ1) is 11.1. The smallest absolute Gasteiger partial charge is 0.314 e. The number of likely N-dealkylation sites (tertiary alicyclic amines) is 1. The topological polar surface area (TPSA) is 64.6 Å². The first-order valence-electron chi connectivity index (χ1n) is 8.57. The summed E-state index contributed by atoms with van der Waals surface area (Å²) in [6, 6.07) is 7.48. The number of carbonyl (C=O) groups is 1. The van der Waals surface area contributed by atoms with Crippen molar-refractivity contribution in [2.24, 2.45) is 5.92 Å². The molecule has 1 heterocycles. The van der Waals surface area contributed by atoms with Crippen LogP contribution in [0.15, 0.2) is 24.3 Å². The molecular weight excluding hydrogens is 290 g/mol. The van der Waals surface area contributed by atoms with E-state index in [1.54, 1.807) is 0 Å². The third-order valence-corrected chi connectivity index (χ3v) is 4.46. The zero-order valence-corrected chi connectivity index (χ0v) is 14.2. The van der Waals surface area contributed by atoms with Gasteiger partial charge in [0, 0.05) is 19.6 Å². The molecule has 2 amide bonds. The molecule has 1 fully saturated rings. The van der Waals surface area contributed by atoms with Gasteiger partial charge in [-0.2, -0.15) is 0 Å². The fourth-order valence-corrected chi connectivity index (χ4v) is 3.16. The number of rotatable bonds is 7. The number of nitrogens with one attached hydrogen (secondary N) is 2. The zero-order chi connectivity index (χ0) is 16.7. The van der Waals surface area contributed by atoms with Gasteiger partial charge in [0.15, 0.2) is 0 Å². The van der Waals surface area contributed by atoms with Crippen LogP contribution < -0.4 is 10.6 Å². The van der Waals surface area contributed by atoms with Crippen molar-refractivity contribution in [3.8, 4) is 0 Å². The normalized spacial score (nSPS) is 19.5. The van der Waals surface area contributed by atoms with E-state index in [0.717, 1.165) is 37.2 Å². The first kappa shape index (κ1) is 17.8. The summed E-state index contributed by atoms with van der Waals surface area (Å²) in [4.78, 5) is 14.3. The standard InChI is InChI=1S/C18H29N3O2/c1-3-9-21-10-8-15(13-21)11-19-18(23)20-12-17(22)16-7-5-4-6-14(16)2/h4-7,15,17,22H,3,8-13H2,1-2H3,(H2,19,20,23). The molecule has 0 aromatic heterocycles. The molecule has 1 aliphatic heterocycles. The third kappa shape index (κ3) is 5.52. The summed E-state index contributed by atoms with van der Waals surface area (Å²) in [6.45, 7) is 8.43. The molecule has 0 aliphatic carbocycles. The summed E-state index contributed by atoms with van der Waals surface area (Å²) < 4.78 is 0. The van der Waals surface area contributed by atoms with E-state index in [0.29, 0.717) is 12.5 Å². The molecule has 1 aromatic carbocycles. The Morgan fingerprint density at radius 3 is 2.91 bits per heavy atom. The van der Waals surface area contributed by atoms with Gasteiger partial charge < -0.3 is 20.6 Å². The van der Waals surface area contributed by atoms with Crippen molar-refractivity contribution in [3.63, 3.8) is 0 Å². The Bertz CT molecular complexity index is 507. The van der Waals surface area contributed by atoms with Crippen LogP contribution in [0.3, 0.4) is 0 Å². The van der Waals surface area contributed by atoms with Crippen LogP contribution in [-0.4, -0.2) is 48.8 Å². The Labute approximate surface area is 139 Å². The van der Waals surface area contributed by atoms with Crippen molar-refractivity contribution >= 4 is 6.03 Å². The zero-order valence-electron chi connectivity index (χ0n) is 14.2. The molecule has 2 unspecified atom stereocenters. The highest BCUT2D eigenvalue weighted by Crippen LogP contribution is 2.16. The number of amides is 2. The molecule has 0 bridgehead atoms. The minimum atomic E-state index is -0.673. The van der Waals surface area contributed by atoms with E-state index in [4.69, 9.17) is 0 Å². The second-order valence-electron chi connectivity index (χ2n) is 6.42. The average molecular weight is 319 g/mol. The van der Waals surface area contributed by atoms with Gasteiger partial charge in [0.1, 0.15) is 0 Å². The van der Waals surface area contributed by atoms with Gasteiger partial charge in [-0.05, 0) is 49.9 Å². The van der Waals surface area contributed by atoms with Crippen LogP contribution in [-0.2, 0) is 0 Å². The van der Waals surface area contributed by atoms with Gasteiger partial charge in [-0.25, -0.2) is 4.79 Å². The molecule has 0 radical (unpaired) electrons. The SMILES string of the molecule is CCCN1CCC(CNC(=O)NCC(O)c2ccccc2C)C1. The van der Waals surface area contributed by atoms with Gasteiger partial charge in [0.05, 0.1) is 6.10 Å². The maximum absolute atomic E-state index is 11.9. The van der Waals surface area contributed by atoms with Crippen molar-refractivity contribution in [1.82, 2.24) is 15.5 Å². The van der Waals surface area contributed by atoms with Crippen LogP contribution in [0.4, 0.5) is 4.79 Å². The summed E-state index contributed by atoms with van der Waals surface area (Å²) >= 11 is 0. The van der Waals surface area contributed by atoms with Crippen molar-refractivity contribution < 1.29 is 9.90 Å². The molecule has 1 aromatic rings. The maximum atomic E-state index is 11.9. The van der Waals surface area contributed by atoms with E-state index in [1.165, 1.54) is 6.42 Å².